The Balaban J connectivity index is 1.97. The van der Waals surface area contributed by atoms with Crippen molar-refractivity contribution in [2.75, 3.05) is 7.11 Å². The molecule has 0 fully saturated rings. The van der Waals surface area contributed by atoms with Crippen LogP contribution in [0.15, 0.2) is 47.4 Å². The van der Waals surface area contributed by atoms with Gasteiger partial charge in [-0.3, -0.25) is 9.36 Å². The highest BCUT2D eigenvalue weighted by Gasteiger charge is 2.18. The number of ether oxygens (including phenoxy) is 1. The lowest BCUT2D eigenvalue weighted by atomic mass is 9.98. The molecule has 0 spiro atoms. The molecule has 4 rings (SSSR count). The number of pyridine rings is 1. The van der Waals surface area contributed by atoms with E-state index in [1.807, 2.05) is 55.2 Å². The summed E-state index contributed by atoms with van der Waals surface area (Å²) < 4.78 is 8.82. The normalized spacial score (nSPS) is 12.6. The summed E-state index contributed by atoms with van der Waals surface area (Å²) in [6.45, 7) is 4.69. The summed E-state index contributed by atoms with van der Waals surface area (Å²) in [5.41, 5.74) is 4.11. The monoisotopic (exact) mass is 439 g/mol. The Morgan fingerprint density at radius 2 is 1.89 bits per heavy atom. The van der Waals surface area contributed by atoms with Crippen LogP contribution in [0, 0.1) is 6.92 Å². The Labute approximate surface area is 171 Å². The summed E-state index contributed by atoms with van der Waals surface area (Å²) in [7, 11) is 3.47. The Morgan fingerprint density at radius 1 is 1.18 bits per heavy atom. The molecule has 2 aromatic carbocycles. The van der Waals surface area contributed by atoms with E-state index in [-0.39, 0.29) is 10.4 Å². The van der Waals surface area contributed by atoms with E-state index in [2.05, 4.69) is 34.0 Å². The molecule has 1 unspecified atom stereocenters. The Bertz CT molecular complexity index is 1240. The van der Waals surface area contributed by atoms with Crippen LogP contribution in [0.2, 0.25) is 0 Å². The van der Waals surface area contributed by atoms with E-state index in [0.717, 1.165) is 44.2 Å². The van der Waals surface area contributed by atoms with Crippen LogP contribution in [0.5, 0.6) is 5.75 Å². The number of aromatic nitrogens is 3. The predicted octanol–water partition coefficient (Wildman–Crippen LogP) is 4.71. The standard InChI is InChI=1S/C22H22BrN3O2/c1-13-9-17(14(2)23)20-18(10-13)22(27)25(3)21-19(20)11-24-26(21)12-15-5-7-16(28-4)8-6-15/h5-11,14H,12H2,1-4H3. The fraction of sp³-hybridized carbons (Fsp3) is 0.273. The maximum Gasteiger partial charge on any atom is 0.259 e. The fourth-order valence-electron chi connectivity index (χ4n) is 3.80. The minimum atomic E-state index is -0.00270. The zero-order valence-corrected chi connectivity index (χ0v) is 17.9. The van der Waals surface area contributed by atoms with E-state index < -0.39 is 0 Å². The third-order valence-electron chi connectivity index (χ3n) is 5.17. The average molecular weight is 440 g/mol. The third kappa shape index (κ3) is 3.02. The van der Waals surface area contributed by atoms with Crippen LogP contribution in [0.4, 0.5) is 0 Å². The summed E-state index contributed by atoms with van der Waals surface area (Å²) in [6, 6.07) is 12.0. The summed E-state index contributed by atoms with van der Waals surface area (Å²) in [6.07, 6.45) is 1.87. The molecule has 2 heterocycles. The summed E-state index contributed by atoms with van der Waals surface area (Å²) in [5, 5.41) is 7.33. The lowest BCUT2D eigenvalue weighted by molar-refractivity contribution is 0.414. The van der Waals surface area contributed by atoms with E-state index in [1.54, 1.807) is 11.7 Å². The Hall–Kier alpha value is -2.60. The van der Waals surface area contributed by atoms with Crippen LogP contribution < -0.4 is 10.3 Å². The molecule has 0 amide bonds. The maximum atomic E-state index is 13.1. The van der Waals surface area contributed by atoms with Crippen LogP contribution in [-0.4, -0.2) is 21.5 Å². The quantitative estimate of drug-likeness (QED) is 0.432. The maximum absolute atomic E-state index is 13.1. The SMILES string of the molecule is COc1ccc(Cn2ncc3c4c(C(C)Br)cc(C)cc4c(=O)n(C)c32)cc1. The zero-order valence-electron chi connectivity index (χ0n) is 16.4. The largest absolute Gasteiger partial charge is 0.497 e. The van der Waals surface area contributed by atoms with Crippen molar-refractivity contribution in [2.45, 2.75) is 25.2 Å². The van der Waals surface area contributed by atoms with Gasteiger partial charge in [0.15, 0.2) is 0 Å². The number of hydrogen-bond donors (Lipinski definition) is 0. The second-order valence-electron chi connectivity index (χ2n) is 7.14. The molecule has 4 aromatic rings. The van der Waals surface area contributed by atoms with Gasteiger partial charge in [-0.25, -0.2) is 4.68 Å². The molecule has 0 saturated heterocycles. The summed E-state index contributed by atoms with van der Waals surface area (Å²) in [5.74, 6) is 0.818. The number of benzene rings is 2. The third-order valence-corrected chi connectivity index (χ3v) is 5.66. The predicted molar refractivity (Wildman–Crippen MR) is 117 cm³/mol. The van der Waals surface area contributed by atoms with Gasteiger partial charge in [0.1, 0.15) is 11.4 Å². The van der Waals surface area contributed by atoms with E-state index in [9.17, 15) is 4.79 Å². The van der Waals surface area contributed by atoms with Crippen molar-refractivity contribution in [2.24, 2.45) is 7.05 Å². The van der Waals surface area contributed by atoms with Gasteiger partial charge in [0.05, 0.1) is 19.9 Å². The summed E-state index contributed by atoms with van der Waals surface area (Å²) >= 11 is 3.69. The van der Waals surface area contributed by atoms with Crippen molar-refractivity contribution >= 4 is 37.7 Å². The minimum absolute atomic E-state index is 0.00270. The van der Waals surface area contributed by atoms with Gasteiger partial charge in [-0.05, 0) is 48.7 Å². The number of fused-ring (bicyclic) bond motifs is 3. The van der Waals surface area contributed by atoms with E-state index in [0.29, 0.717) is 6.54 Å². The van der Waals surface area contributed by atoms with Crippen LogP contribution in [-0.2, 0) is 13.6 Å². The zero-order chi connectivity index (χ0) is 20.0. The first-order valence-electron chi connectivity index (χ1n) is 9.16. The highest BCUT2D eigenvalue weighted by molar-refractivity contribution is 9.09. The topological polar surface area (TPSA) is 49.1 Å². The molecule has 0 aliphatic rings. The van der Waals surface area contributed by atoms with Crippen LogP contribution in [0.3, 0.4) is 0 Å². The Kier molecular flexibility index (Phi) is 4.75. The van der Waals surface area contributed by atoms with Crippen LogP contribution >= 0.6 is 15.9 Å². The van der Waals surface area contributed by atoms with Crippen molar-refractivity contribution in [1.82, 2.24) is 14.3 Å². The van der Waals surface area contributed by atoms with Gasteiger partial charge in [-0.2, -0.15) is 5.10 Å². The lowest BCUT2D eigenvalue weighted by Gasteiger charge is -2.14. The smallest absolute Gasteiger partial charge is 0.259 e. The molecule has 0 radical (unpaired) electrons. The van der Waals surface area contributed by atoms with Gasteiger partial charge in [0.25, 0.3) is 5.56 Å². The highest BCUT2D eigenvalue weighted by atomic mass is 79.9. The van der Waals surface area contributed by atoms with E-state index >= 15 is 0 Å². The molecule has 0 aliphatic heterocycles. The molecular weight excluding hydrogens is 418 g/mol. The van der Waals surface area contributed by atoms with Crippen LogP contribution in [0.25, 0.3) is 21.8 Å². The van der Waals surface area contributed by atoms with Crippen molar-refractivity contribution in [3.8, 4) is 5.75 Å². The van der Waals surface area contributed by atoms with E-state index in [1.165, 1.54) is 0 Å². The fourth-order valence-corrected chi connectivity index (χ4v) is 4.16. The molecule has 0 saturated carbocycles. The molecular formula is C22H22BrN3O2. The molecule has 0 aliphatic carbocycles. The number of hydrogen-bond acceptors (Lipinski definition) is 3. The first-order chi connectivity index (χ1) is 13.4. The van der Waals surface area contributed by atoms with E-state index in [4.69, 9.17) is 4.74 Å². The second kappa shape index (κ2) is 7.09. The molecule has 28 heavy (non-hydrogen) atoms. The van der Waals surface area contributed by atoms with Gasteiger partial charge in [0.2, 0.25) is 0 Å². The van der Waals surface area contributed by atoms with Gasteiger partial charge < -0.3 is 4.74 Å². The van der Waals surface area contributed by atoms with Gasteiger partial charge in [0, 0.05) is 28.0 Å². The second-order valence-corrected chi connectivity index (χ2v) is 8.52. The number of nitrogens with zero attached hydrogens (tertiary/aromatic N) is 3. The van der Waals surface area contributed by atoms with Gasteiger partial charge in [-0.1, -0.05) is 34.1 Å². The summed E-state index contributed by atoms with van der Waals surface area (Å²) in [4.78, 5) is 13.3. The first-order valence-corrected chi connectivity index (χ1v) is 10.1. The molecule has 6 heteroatoms. The number of halogens is 1. The number of rotatable bonds is 4. The van der Waals surface area contributed by atoms with Gasteiger partial charge >= 0.3 is 0 Å². The number of alkyl halides is 1. The lowest BCUT2D eigenvalue weighted by Crippen LogP contribution is -2.20. The van der Waals surface area contributed by atoms with Crippen molar-refractivity contribution < 1.29 is 4.74 Å². The molecule has 144 valence electrons. The number of aryl methyl sites for hydroxylation is 2. The van der Waals surface area contributed by atoms with Crippen LogP contribution in [0.1, 0.15) is 28.4 Å². The molecule has 0 N–H and O–H groups in total. The Morgan fingerprint density at radius 3 is 2.54 bits per heavy atom. The first kappa shape index (κ1) is 18.7. The minimum Gasteiger partial charge on any atom is -0.497 e. The average Bonchev–Trinajstić information content (AvgIpc) is 3.09. The van der Waals surface area contributed by atoms with Crippen molar-refractivity contribution in [1.29, 1.82) is 0 Å². The molecule has 1 atom stereocenters. The van der Waals surface area contributed by atoms with Crippen molar-refractivity contribution in [3.63, 3.8) is 0 Å². The molecule has 0 bridgehead atoms. The van der Waals surface area contributed by atoms with Crippen molar-refractivity contribution in [3.05, 3.63) is 69.6 Å². The number of methoxy groups -OCH3 is 1. The molecule has 2 aromatic heterocycles. The van der Waals surface area contributed by atoms with Gasteiger partial charge in [-0.15, -0.1) is 0 Å². The molecule has 5 nitrogen and oxygen atoms in total. The highest BCUT2D eigenvalue weighted by Crippen LogP contribution is 2.34.